The molecule has 0 saturated heterocycles. The third-order valence-electron chi connectivity index (χ3n) is 7.56. The van der Waals surface area contributed by atoms with Gasteiger partial charge in [0.15, 0.2) is 0 Å². The van der Waals surface area contributed by atoms with Crippen LogP contribution in [-0.2, 0) is 14.5 Å². The summed E-state index contributed by atoms with van der Waals surface area (Å²) in [5.41, 5.74) is 5.70. The summed E-state index contributed by atoms with van der Waals surface area (Å²) >= 11 is 2.26. The fourth-order valence-electron chi connectivity index (χ4n) is 5.46. The van der Waals surface area contributed by atoms with Gasteiger partial charge in [-0.25, -0.2) is 18.1 Å². The summed E-state index contributed by atoms with van der Waals surface area (Å²) < 4.78 is 39.7. The molecule has 1 heterocycles. The second-order valence-electron chi connectivity index (χ2n) is 10.2. The molecule has 0 radical (unpaired) electrons. The number of aromatic nitrogens is 2. The number of fused-ring (bicyclic) bond motifs is 1. The van der Waals surface area contributed by atoms with Gasteiger partial charge in [0.05, 0.1) is 24.6 Å². The van der Waals surface area contributed by atoms with Crippen LogP contribution in [0.2, 0.25) is 0 Å². The molecule has 210 valence electrons. The van der Waals surface area contributed by atoms with Crippen LogP contribution in [0.1, 0.15) is 41.0 Å². The number of rotatable bonds is 10. The van der Waals surface area contributed by atoms with Crippen molar-refractivity contribution < 1.29 is 17.9 Å². The fourth-order valence-corrected chi connectivity index (χ4v) is 7.02. The number of hydrogen-bond donors (Lipinski definition) is 2. The molecule has 1 unspecified atom stereocenters. The number of sulfonamides is 1. The number of nitrogens with zero attached hydrogens (tertiary/aromatic N) is 1. The molecule has 2 atom stereocenters. The molecule has 3 aromatic carbocycles. The average Bonchev–Trinajstić information content (AvgIpc) is 3.70. The van der Waals surface area contributed by atoms with Crippen LogP contribution < -0.4 is 19.8 Å². The quantitative estimate of drug-likeness (QED) is 0.167. The highest BCUT2D eigenvalue weighted by Crippen LogP contribution is 2.51. The van der Waals surface area contributed by atoms with Gasteiger partial charge >= 0.3 is 0 Å². The molecular formula is C30H32IN3O5S. The molecule has 5 rings (SSSR count). The van der Waals surface area contributed by atoms with Crippen molar-refractivity contribution in [3.8, 4) is 22.9 Å². The molecular weight excluding hydrogens is 641 g/mol. The van der Waals surface area contributed by atoms with E-state index in [2.05, 4.69) is 58.3 Å². The Balaban J connectivity index is 1.31. The molecule has 0 spiro atoms. The molecule has 1 aromatic heterocycles. The van der Waals surface area contributed by atoms with Crippen LogP contribution in [0, 0.1) is 19.8 Å². The van der Waals surface area contributed by atoms with Crippen LogP contribution in [0.5, 0.6) is 11.5 Å². The van der Waals surface area contributed by atoms with Crippen molar-refractivity contribution in [2.75, 3.05) is 20.8 Å². The van der Waals surface area contributed by atoms with Crippen molar-refractivity contribution in [2.45, 2.75) is 41.9 Å². The van der Waals surface area contributed by atoms with Gasteiger partial charge in [0.25, 0.3) is 5.56 Å². The van der Waals surface area contributed by atoms with Gasteiger partial charge in [-0.05, 0) is 85.0 Å². The van der Waals surface area contributed by atoms with Gasteiger partial charge in [0.2, 0.25) is 10.0 Å². The van der Waals surface area contributed by atoms with Gasteiger partial charge in [0, 0.05) is 28.7 Å². The number of H-pyrrole nitrogens is 1. The van der Waals surface area contributed by atoms with Crippen molar-refractivity contribution in [2.24, 2.45) is 5.92 Å². The monoisotopic (exact) mass is 673 g/mol. The Hall–Kier alpha value is -2.96. The highest BCUT2D eigenvalue weighted by molar-refractivity contribution is 14.1. The van der Waals surface area contributed by atoms with E-state index in [9.17, 15) is 13.2 Å². The minimum Gasteiger partial charge on any atom is -0.497 e. The van der Waals surface area contributed by atoms with E-state index in [-0.39, 0.29) is 5.56 Å². The average molecular weight is 674 g/mol. The van der Waals surface area contributed by atoms with Gasteiger partial charge in [-0.3, -0.25) is 4.79 Å². The summed E-state index contributed by atoms with van der Waals surface area (Å²) in [6.45, 7) is 4.56. The Morgan fingerprint density at radius 1 is 1.05 bits per heavy atom. The highest BCUT2D eigenvalue weighted by atomic mass is 127. The largest absolute Gasteiger partial charge is 0.497 e. The van der Waals surface area contributed by atoms with E-state index in [1.54, 1.807) is 31.4 Å². The Labute approximate surface area is 247 Å². The number of hydrogen-bond acceptors (Lipinski definition) is 6. The summed E-state index contributed by atoms with van der Waals surface area (Å²) in [6, 6.07) is 14.5. The number of ether oxygens (including phenoxy) is 2. The van der Waals surface area contributed by atoms with E-state index in [4.69, 9.17) is 14.5 Å². The van der Waals surface area contributed by atoms with Crippen molar-refractivity contribution in [1.82, 2.24) is 14.7 Å². The van der Waals surface area contributed by atoms with Crippen molar-refractivity contribution in [1.29, 1.82) is 0 Å². The normalized spacial score (nSPS) is 16.7. The minimum atomic E-state index is -3.52. The molecule has 0 bridgehead atoms. The van der Waals surface area contributed by atoms with Crippen LogP contribution in [0.25, 0.3) is 22.3 Å². The molecule has 2 N–H and O–H groups in total. The van der Waals surface area contributed by atoms with E-state index in [1.165, 1.54) is 12.7 Å². The van der Waals surface area contributed by atoms with Gasteiger partial charge in [-0.15, -0.1) is 0 Å². The maximum atomic E-state index is 13.0. The van der Waals surface area contributed by atoms with Gasteiger partial charge in [0.1, 0.15) is 22.7 Å². The zero-order chi connectivity index (χ0) is 28.6. The third-order valence-corrected chi connectivity index (χ3v) is 9.92. The van der Waals surface area contributed by atoms with E-state index in [0.29, 0.717) is 51.5 Å². The Kier molecular flexibility index (Phi) is 8.21. The molecule has 0 amide bonds. The lowest BCUT2D eigenvalue weighted by Gasteiger charge is -2.14. The first-order chi connectivity index (χ1) is 19.1. The van der Waals surface area contributed by atoms with E-state index < -0.39 is 10.0 Å². The zero-order valence-electron chi connectivity index (χ0n) is 22.9. The number of nitrogens with one attached hydrogen (secondary N) is 2. The van der Waals surface area contributed by atoms with Crippen LogP contribution in [0.3, 0.4) is 0 Å². The molecule has 1 aliphatic rings. The fraction of sp³-hybridized carbons (Fsp3) is 0.333. The smallest absolute Gasteiger partial charge is 0.262 e. The summed E-state index contributed by atoms with van der Waals surface area (Å²) in [5, 5.41) is 0.381. The highest BCUT2D eigenvalue weighted by Gasteiger charge is 2.39. The van der Waals surface area contributed by atoms with Crippen LogP contribution in [-0.4, -0.2) is 39.2 Å². The number of aromatic amines is 1. The molecule has 40 heavy (non-hydrogen) atoms. The third kappa shape index (κ3) is 5.75. The van der Waals surface area contributed by atoms with Crippen LogP contribution >= 0.6 is 22.6 Å². The number of alkyl halides is 1. The second-order valence-corrected chi connectivity index (χ2v) is 12.8. The van der Waals surface area contributed by atoms with Crippen LogP contribution in [0.15, 0.2) is 58.2 Å². The summed E-state index contributed by atoms with van der Waals surface area (Å²) in [6.07, 6.45) is 1.80. The Morgan fingerprint density at radius 2 is 1.75 bits per heavy atom. The number of aryl methyl sites for hydroxylation is 2. The summed E-state index contributed by atoms with van der Waals surface area (Å²) in [7, 11) is -0.448. The van der Waals surface area contributed by atoms with Crippen molar-refractivity contribution in [3.63, 3.8) is 0 Å². The molecule has 1 aliphatic carbocycles. The number of methoxy groups -OCH3 is 2. The Bertz CT molecular complexity index is 1710. The van der Waals surface area contributed by atoms with Gasteiger partial charge in [-0.1, -0.05) is 34.7 Å². The topological polar surface area (TPSA) is 110 Å². The van der Waals surface area contributed by atoms with Crippen molar-refractivity contribution in [3.05, 3.63) is 81.1 Å². The molecule has 10 heteroatoms. The summed E-state index contributed by atoms with van der Waals surface area (Å²) in [5.74, 6) is 2.27. The van der Waals surface area contributed by atoms with E-state index >= 15 is 0 Å². The second kappa shape index (κ2) is 11.5. The first-order valence-electron chi connectivity index (χ1n) is 13.1. The molecule has 1 fully saturated rings. The van der Waals surface area contributed by atoms with E-state index in [1.807, 2.05) is 12.1 Å². The molecule has 4 aromatic rings. The lowest BCUT2D eigenvalue weighted by molar-refractivity contribution is 0.397. The lowest BCUT2D eigenvalue weighted by Crippen LogP contribution is -2.25. The predicted molar refractivity (Wildman–Crippen MR) is 165 cm³/mol. The first kappa shape index (κ1) is 28.6. The maximum absolute atomic E-state index is 13.0. The Morgan fingerprint density at radius 3 is 2.38 bits per heavy atom. The van der Waals surface area contributed by atoms with E-state index in [0.717, 1.165) is 39.5 Å². The lowest BCUT2D eigenvalue weighted by atomic mass is 9.94. The van der Waals surface area contributed by atoms with Crippen LogP contribution in [0.4, 0.5) is 0 Å². The van der Waals surface area contributed by atoms with Crippen molar-refractivity contribution >= 4 is 43.5 Å². The zero-order valence-corrected chi connectivity index (χ0v) is 25.9. The molecule has 1 saturated carbocycles. The maximum Gasteiger partial charge on any atom is 0.262 e. The predicted octanol–water partition coefficient (Wildman–Crippen LogP) is 5.63. The van der Waals surface area contributed by atoms with Gasteiger partial charge < -0.3 is 14.5 Å². The number of halogens is 1. The summed E-state index contributed by atoms with van der Waals surface area (Å²) in [4.78, 5) is 20.9. The molecule has 8 nitrogen and oxygen atoms in total. The standard InChI is InChI=1S/C30H32IN3O5S/c1-17-11-21(29-33-25-14-22(38-3)15-26(39-4)28(25)30(35)34-29)12-18(2)27(17)24-13-20(24)9-10-32-40(36,37)23-7-5-19(16-31)6-8-23/h5-8,11-12,14-15,20,24,32H,9-10,13,16H2,1-4H3,(H,33,34,35)/t20-,24?/m1/s1. The SMILES string of the molecule is COc1cc(OC)c2c(=O)[nH]c(-c3cc(C)c(C4C[C@H]4CCNS(=O)(=O)c4ccc(CI)cc4)c(C)c3)nc2c1. The minimum absolute atomic E-state index is 0.274. The number of benzene rings is 3. The van der Waals surface area contributed by atoms with Gasteiger partial charge in [-0.2, -0.15) is 0 Å². The molecule has 0 aliphatic heterocycles. The first-order valence-corrected chi connectivity index (χ1v) is 16.1.